The van der Waals surface area contributed by atoms with Crippen molar-refractivity contribution in [3.63, 3.8) is 0 Å². The van der Waals surface area contributed by atoms with E-state index in [1.807, 2.05) is 30.3 Å². The summed E-state index contributed by atoms with van der Waals surface area (Å²) in [6.45, 7) is 4.74. The van der Waals surface area contributed by atoms with Gasteiger partial charge >= 0.3 is 13.7 Å². The van der Waals surface area contributed by atoms with E-state index in [4.69, 9.17) is 14.2 Å². The van der Waals surface area contributed by atoms with E-state index in [-0.39, 0.29) is 24.2 Å². The maximum absolute atomic E-state index is 13.6. The molecule has 188 valence electrons. The number of benzene rings is 1. The molecule has 1 aromatic carbocycles. The summed E-state index contributed by atoms with van der Waals surface area (Å²) in [5.41, 5.74) is 1.31. The summed E-state index contributed by atoms with van der Waals surface area (Å²) < 4.78 is 27.8. The summed E-state index contributed by atoms with van der Waals surface area (Å²) in [7, 11) is -4.36. The lowest BCUT2D eigenvalue weighted by Gasteiger charge is -2.40. The number of hydrogen-bond donors (Lipinski definition) is 1. The third kappa shape index (κ3) is 3.49. The van der Waals surface area contributed by atoms with Gasteiger partial charge in [0, 0.05) is 29.6 Å². The van der Waals surface area contributed by atoms with Crippen molar-refractivity contribution < 1.29 is 23.5 Å². The van der Waals surface area contributed by atoms with Gasteiger partial charge in [0.2, 0.25) is 5.60 Å². The molecule has 0 spiro atoms. The Labute approximate surface area is 208 Å². The number of carbonyl (C=O) groups is 1. The van der Waals surface area contributed by atoms with Crippen LogP contribution in [0.5, 0.6) is 0 Å². The van der Waals surface area contributed by atoms with Gasteiger partial charge in [-0.25, -0.2) is 19.0 Å². The Kier molecular flexibility index (Phi) is 5.46. The van der Waals surface area contributed by atoms with Gasteiger partial charge < -0.3 is 14.2 Å². The van der Waals surface area contributed by atoms with Crippen LogP contribution in [0.1, 0.15) is 49.8 Å². The highest BCUT2D eigenvalue weighted by atomic mass is 31.2. The molecule has 36 heavy (non-hydrogen) atoms. The molecular formula is C26H28N3O6P. The van der Waals surface area contributed by atoms with Crippen LogP contribution >= 0.6 is 7.75 Å². The van der Waals surface area contributed by atoms with Gasteiger partial charge in [-0.15, -0.1) is 0 Å². The monoisotopic (exact) mass is 509 g/mol. The smallest absolute Gasteiger partial charge is 0.407 e. The number of carbonyl (C=O) groups excluding carboxylic acids is 1. The second-order valence-corrected chi connectivity index (χ2v) is 11.7. The molecular weight excluding hydrogens is 481 g/mol. The number of piperidine rings is 1. The molecule has 9 nitrogen and oxygen atoms in total. The maximum atomic E-state index is 13.6. The normalized spacial score (nSPS) is 23.6. The van der Waals surface area contributed by atoms with Crippen molar-refractivity contribution >= 4 is 24.6 Å². The van der Waals surface area contributed by atoms with Crippen molar-refractivity contribution in [2.75, 3.05) is 13.1 Å². The van der Waals surface area contributed by atoms with Gasteiger partial charge in [-0.1, -0.05) is 32.0 Å². The van der Waals surface area contributed by atoms with Gasteiger partial charge in [-0.3, -0.25) is 9.32 Å². The summed E-state index contributed by atoms with van der Waals surface area (Å²) in [4.78, 5) is 42.7. The summed E-state index contributed by atoms with van der Waals surface area (Å²) in [5.74, 6) is -0.306. The first kappa shape index (κ1) is 23.6. The molecule has 0 saturated carbocycles. The summed E-state index contributed by atoms with van der Waals surface area (Å²) in [6, 6.07) is 11.5. The molecule has 0 aliphatic carbocycles. The first-order chi connectivity index (χ1) is 17.2. The Morgan fingerprint density at radius 1 is 1.22 bits per heavy atom. The molecule has 1 unspecified atom stereocenters. The third-order valence-corrected chi connectivity index (χ3v) is 9.44. The van der Waals surface area contributed by atoms with Gasteiger partial charge in [0.25, 0.3) is 5.56 Å². The number of aromatic nitrogens is 2. The van der Waals surface area contributed by atoms with Crippen LogP contribution in [0.4, 0.5) is 0 Å². The fourth-order valence-electron chi connectivity index (χ4n) is 5.57. The number of fused-ring (bicyclic) bond motifs is 5. The average Bonchev–Trinajstić information content (AvgIpc) is 3.22. The van der Waals surface area contributed by atoms with E-state index in [1.54, 1.807) is 17.6 Å². The topological polar surface area (TPSA) is 111 Å². The zero-order valence-electron chi connectivity index (χ0n) is 20.3. The molecule has 1 fully saturated rings. The summed E-state index contributed by atoms with van der Waals surface area (Å²) in [6.07, 6.45) is 1.56. The average molecular weight is 509 g/mol. The molecule has 3 aliphatic heterocycles. The molecule has 10 heteroatoms. The van der Waals surface area contributed by atoms with Crippen LogP contribution in [-0.4, -0.2) is 38.2 Å². The number of nitrogens with zero attached hydrogens (tertiary/aromatic N) is 3. The van der Waals surface area contributed by atoms with Gasteiger partial charge in [0.15, 0.2) is 0 Å². The number of ether oxygens (including phenoxy) is 1. The Morgan fingerprint density at radius 2 is 1.97 bits per heavy atom. The van der Waals surface area contributed by atoms with Gasteiger partial charge in [-0.05, 0) is 43.4 Å². The van der Waals surface area contributed by atoms with Crippen LogP contribution in [0.2, 0.25) is 0 Å². The van der Waals surface area contributed by atoms with Gasteiger partial charge in [0.05, 0.1) is 29.0 Å². The van der Waals surface area contributed by atoms with Crippen LogP contribution in [0.25, 0.3) is 22.3 Å². The number of rotatable bonds is 4. The quantitative estimate of drug-likeness (QED) is 0.325. The van der Waals surface area contributed by atoms with Crippen molar-refractivity contribution in [3.05, 3.63) is 63.4 Å². The van der Waals surface area contributed by atoms with E-state index in [9.17, 15) is 19.0 Å². The summed E-state index contributed by atoms with van der Waals surface area (Å²) >= 11 is 0. The fraction of sp³-hybridized carbons (Fsp3) is 0.423. The van der Waals surface area contributed by atoms with Crippen molar-refractivity contribution in [3.8, 4) is 11.4 Å². The molecule has 1 saturated heterocycles. The SMILES string of the molecule is CC[C@@]1(OP(=O)(O)N2CCC(C)CC2)C(=O)OCc2c1cc1n(c2=O)Cc2cc3ccccc3nc2-1. The molecule has 0 amide bonds. The Bertz CT molecular complexity index is 1510. The first-order valence-electron chi connectivity index (χ1n) is 12.4. The maximum Gasteiger partial charge on any atom is 0.407 e. The van der Waals surface area contributed by atoms with Crippen LogP contribution < -0.4 is 5.56 Å². The largest absolute Gasteiger partial charge is 0.458 e. The van der Waals surface area contributed by atoms with Crippen LogP contribution in [0, 0.1) is 5.92 Å². The highest BCUT2D eigenvalue weighted by Gasteiger charge is 2.53. The van der Waals surface area contributed by atoms with Crippen LogP contribution in [0.15, 0.2) is 41.2 Å². The molecule has 5 heterocycles. The highest BCUT2D eigenvalue weighted by molar-refractivity contribution is 7.50. The minimum absolute atomic E-state index is 0.0362. The third-order valence-electron chi connectivity index (χ3n) is 7.78. The second-order valence-electron chi connectivity index (χ2n) is 9.98. The molecule has 6 rings (SSSR count). The van der Waals surface area contributed by atoms with E-state index in [0.717, 1.165) is 29.3 Å². The fourth-order valence-corrected chi connectivity index (χ4v) is 7.13. The Morgan fingerprint density at radius 3 is 2.72 bits per heavy atom. The number of esters is 1. The van der Waals surface area contributed by atoms with E-state index in [0.29, 0.717) is 42.5 Å². The van der Waals surface area contributed by atoms with Crippen molar-refractivity contribution in [1.82, 2.24) is 14.2 Å². The van der Waals surface area contributed by atoms with E-state index in [2.05, 4.69) is 6.92 Å². The predicted octanol–water partition coefficient (Wildman–Crippen LogP) is 3.94. The predicted molar refractivity (Wildman–Crippen MR) is 133 cm³/mol. The minimum Gasteiger partial charge on any atom is -0.458 e. The molecule has 3 aliphatic rings. The molecule has 0 bridgehead atoms. The van der Waals surface area contributed by atoms with Gasteiger partial charge in [0.1, 0.15) is 6.61 Å². The van der Waals surface area contributed by atoms with Crippen molar-refractivity contribution in [2.24, 2.45) is 5.92 Å². The molecule has 1 N–H and O–H groups in total. The summed E-state index contributed by atoms with van der Waals surface area (Å²) in [5, 5.41) is 0.976. The molecule has 2 aromatic heterocycles. The standard InChI is InChI=1S/C26H28N3O6P/c1-3-26(35-36(32,33)28-10-8-16(2)9-11-28)20-13-22-23-18(12-17-6-4-5-7-21(17)27-23)14-29(22)24(30)19(20)15-34-25(26)31/h4-7,12-13,16H,3,8-11,14-15H2,1-2H3,(H,32,33)/t26-/m0/s1. The highest BCUT2D eigenvalue weighted by Crippen LogP contribution is 2.56. The van der Waals surface area contributed by atoms with E-state index < -0.39 is 19.3 Å². The second kappa shape index (κ2) is 8.35. The Balaban J connectivity index is 1.49. The van der Waals surface area contributed by atoms with Crippen LogP contribution in [0.3, 0.4) is 0 Å². The zero-order chi connectivity index (χ0) is 25.2. The molecule has 3 aromatic rings. The zero-order valence-corrected chi connectivity index (χ0v) is 21.2. The van der Waals surface area contributed by atoms with Crippen molar-refractivity contribution in [1.29, 1.82) is 0 Å². The number of hydrogen-bond acceptors (Lipinski definition) is 6. The Hall–Kier alpha value is -2.84. The van der Waals surface area contributed by atoms with Crippen LogP contribution in [-0.2, 0) is 37.4 Å². The van der Waals surface area contributed by atoms with E-state index in [1.165, 1.54) is 4.67 Å². The first-order valence-corrected chi connectivity index (χ1v) is 13.9. The number of pyridine rings is 2. The number of cyclic esters (lactones) is 1. The number of para-hydroxylation sites is 1. The van der Waals surface area contributed by atoms with Crippen molar-refractivity contribution in [2.45, 2.75) is 51.9 Å². The lowest BCUT2D eigenvalue weighted by molar-refractivity contribution is -0.170. The minimum atomic E-state index is -4.36. The molecule has 0 radical (unpaired) electrons. The lowest BCUT2D eigenvalue weighted by atomic mass is 9.86. The lowest BCUT2D eigenvalue weighted by Crippen LogP contribution is -2.47. The van der Waals surface area contributed by atoms with Gasteiger partial charge in [-0.2, -0.15) is 0 Å². The molecule has 2 atom stereocenters. The van der Waals surface area contributed by atoms with E-state index >= 15 is 0 Å².